The van der Waals surface area contributed by atoms with Gasteiger partial charge in [0.1, 0.15) is 0 Å². The van der Waals surface area contributed by atoms with Gasteiger partial charge in [-0.25, -0.2) is 0 Å². The highest BCUT2D eigenvalue weighted by molar-refractivity contribution is 5.66. The largest absolute Gasteiger partial charge is 0.481 e. The lowest BCUT2D eigenvalue weighted by Gasteiger charge is -2.59. The zero-order chi connectivity index (χ0) is 14.0. The molecule has 0 aromatic carbocycles. The topological polar surface area (TPSA) is 49.8 Å². The van der Waals surface area contributed by atoms with E-state index in [1.807, 2.05) is 0 Å². The van der Waals surface area contributed by atoms with Crippen molar-refractivity contribution in [3.05, 3.63) is 0 Å². The van der Waals surface area contributed by atoms with Crippen LogP contribution in [-0.4, -0.2) is 47.8 Å². The summed E-state index contributed by atoms with van der Waals surface area (Å²) in [7, 11) is 0. The Morgan fingerprint density at radius 2 is 2.16 bits per heavy atom. The van der Waals surface area contributed by atoms with E-state index in [0.717, 1.165) is 39.0 Å². The van der Waals surface area contributed by atoms with Crippen molar-refractivity contribution < 1.29 is 14.6 Å². The van der Waals surface area contributed by atoms with Crippen LogP contribution in [0.15, 0.2) is 0 Å². The number of carbonyl (C=O) groups is 1. The lowest BCUT2D eigenvalue weighted by Crippen LogP contribution is -2.67. The van der Waals surface area contributed by atoms with E-state index >= 15 is 0 Å². The highest BCUT2D eigenvalue weighted by atomic mass is 16.5. The van der Waals surface area contributed by atoms with E-state index in [0.29, 0.717) is 18.1 Å². The fraction of sp³-hybridized carbons (Fsp3) is 0.933. The molecule has 0 aromatic rings. The van der Waals surface area contributed by atoms with E-state index < -0.39 is 5.97 Å². The first-order chi connectivity index (χ1) is 8.98. The highest BCUT2D eigenvalue weighted by Crippen LogP contribution is 2.54. The maximum Gasteiger partial charge on any atom is 0.303 e. The average molecular weight is 269 g/mol. The Hall–Kier alpha value is -0.610. The van der Waals surface area contributed by atoms with Crippen LogP contribution in [0.5, 0.6) is 0 Å². The fourth-order valence-corrected chi connectivity index (χ4v) is 4.15. The summed E-state index contributed by atoms with van der Waals surface area (Å²) in [5.41, 5.74) is 0.208. The first kappa shape index (κ1) is 14.8. The van der Waals surface area contributed by atoms with Gasteiger partial charge in [0.05, 0.1) is 6.10 Å². The molecule has 19 heavy (non-hydrogen) atoms. The summed E-state index contributed by atoms with van der Waals surface area (Å²) in [6.07, 6.45) is 3.73. The number of ether oxygens (including phenoxy) is 1. The Morgan fingerprint density at radius 1 is 1.42 bits per heavy atom. The van der Waals surface area contributed by atoms with Crippen molar-refractivity contribution in [3.8, 4) is 0 Å². The molecule has 0 aromatic heterocycles. The van der Waals surface area contributed by atoms with E-state index in [9.17, 15) is 4.79 Å². The summed E-state index contributed by atoms with van der Waals surface area (Å²) in [4.78, 5) is 13.2. The van der Waals surface area contributed by atoms with Crippen LogP contribution in [0.4, 0.5) is 0 Å². The highest BCUT2D eigenvalue weighted by Gasteiger charge is 2.60. The smallest absolute Gasteiger partial charge is 0.303 e. The van der Waals surface area contributed by atoms with Crippen molar-refractivity contribution in [2.24, 2.45) is 11.3 Å². The monoisotopic (exact) mass is 269 g/mol. The number of fused-ring (bicyclic) bond motifs is 1. The van der Waals surface area contributed by atoms with Gasteiger partial charge in [0, 0.05) is 30.4 Å². The maximum atomic E-state index is 10.7. The van der Waals surface area contributed by atoms with Gasteiger partial charge >= 0.3 is 5.97 Å². The second-order valence-corrected chi connectivity index (χ2v) is 6.54. The van der Waals surface area contributed by atoms with Crippen LogP contribution in [0, 0.1) is 11.3 Å². The van der Waals surface area contributed by atoms with Gasteiger partial charge in [-0.15, -0.1) is 0 Å². The molecular formula is C15H27NO3. The molecule has 1 saturated carbocycles. The zero-order valence-corrected chi connectivity index (χ0v) is 12.4. The predicted octanol–water partition coefficient (Wildman–Crippen LogP) is 2.38. The van der Waals surface area contributed by atoms with Gasteiger partial charge in [-0.2, -0.15) is 0 Å². The standard InChI is InChI=1S/C15H27NO3/c1-4-8-16(9-5-6-12(17)18)13-11-7-10-19-14(11)15(13,2)3/h11,13-14H,4-10H2,1-3H3,(H,17,18)/t11-,13+,14+/m0/s1. The van der Waals surface area contributed by atoms with Crippen LogP contribution in [0.1, 0.15) is 46.5 Å². The van der Waals surface area contributed by atoms with Gasteiger partial charge in [0.2, 0.25) is 0 Å². The van der Waals surface area contributed by atoms with Gasteiger partial charge in [-0.1, -0.05) is 20.8 Å². The second kappa shape index (κ2) is 5.80. The molecule has 4 heteroatoms. The zero-order valence-electron chi connectivity index (χ0n) is 12.4. The average Bonchev–Trinajstić information content (AvgIpc) is 2.74. The first-order valence-electron chi connectivity index (χ1n) is 7.56. The number of aliphatic carboxylic acids is 1. The lowest BCUT2D eigenvalue weighted by molar-refractivity contribution is -0.156. The number of nitrogens with zero attached hydrogens (tertiary/aromatic N) is 1. The molecule has 0 radical (unpaired) electrons. The number of rotatable bonds is 7. The molecule has 1 heterocycles. The molecule has 4 nitrogen and oxygen atoms in total. The van der Waals surface area contributed by atoms with Crippen molar-refractivity contribution in [1.82, 2.24) is 4.90 Å². The molecule has 1 N–H and O–H groups in total. The Balaban J connectivity index is 1.96. The number of hydrogen-bond acceptors (Lipinski definition) is 3. The van der Waals surface area contributed by atoms with Crippen LogP contribution in [-0.2, 0) is 9.53 Å². The molecule has 0 bridgehead atoms. The minimum atomic E-state index is -0.689. The molecule has 0 spiro atoms. The quantitative estimate of drug-likeness (QED) is 0.771. The van der Waals surface area contributed by atoms with E-state index in [1.54, 1.807) is 0 Å². The van der Waals surface area contributed by atoms with Gasteiger partial charge in [-0.3, -0.25) is 9.69 Å². The van der Waals surface area contributed by atoms with E-state index in [2.05, 4.69) is 25.7 Å². The summed E-state index contributed by atoms with van der Waals surface area (Å²) in [6.45, 7) is 9.64. The summed E-state index contributed by atoms with van der Waals surface area (Å²) < 4.78 is 5.85. The third kappa shape index (κ3) is 2.79. The van der Waals surface area contributed by atoms with Crippen LogP contribution in [0.25, 0.3) is 0 Å². The Morgan fingerprint density at radius 3 is 2.79 bits per heavy atom. The minimum absolute atomic E-state index is 0.208. The maximum absolute atomic E-state index is 10.7. The first-order valence-corrected chi connectivity index (χ1v) is 7.56. The van der Waals surface area contributed by atoms with Crippen LogP contribution in [0.2, 0.25) is 0 Å². The van der Waals surface area contributed by atoms with Gasteiger partial charge in [0.15, 0.2) is 0 Å². The van der Waals surface area contributed by atoms with Gasteiger partial charge in [0.25, 0.3) is 0 Å². The lowest BCUT2D eigenvalue weighted by atomic mass is 9.56. The molecule has 1 aliphatic heterocycles. The molecule has 0 amide bonds. The second-order valence-electron chi connectivity index (χ2n) is 6.54. The van der Waals surface area contributed by atoms with Gasteiger partial charge < -0.3 is 9.84 Å². The summed E-state index contributed by atoms with van der Waals surface area (Å²) in [6, 6.07) is 0.564. The molecule has 0 unspecified atom stereocenters. The molecule has 2 aliphatic rings. The molecule has 2 rings (SSSR count). The van der Waals surface area contributed by atoms with Crippen molar-refractivity contribution >= 4 is 5.97 Å². The molecule has 110 valence electrons. The van der Waals surface area contributed by atoms with Crippen molar-refractivity contribution in [1.29, 1.82) is 0 Å². The molecule has 3 atom stereocenters. The summed E-state index contributed by atoms with van der Waals surface area (Å²) >= 11 is 0. The van der Waals surface area contributed by atoms with Crippen molar-refractivity contribution in [3.63, 3.8) is 0 Å². The van der Waals surface area contributed by atoms with Crippen molar-refractivity contribution in [2.45, 2.75) is 58.6 Å². The SMILES string of the molecule is CCCN(CCCC(=O)O)[C@@H]1[C@@H]2CCO[C@H]2C1(C)C. The van der Waals surface area contributed by atoms with E-state index in [-0.39, 0.29) is 11.8 Å². The van der Waals surface area contributed by atoms with Crippen LogP contribution >= 0.6 is 0 Å². The normalized spacial score (nSPS) is 32.1. The number of carboxylic acid groups (broad SMARTS) is 1. The molecular weight excluding hydrogens is 242 g/mol. The number of hydrogen-bond donors (Lipinski definition) is 1. The minimum Gasteiger partial charge on any atom is -0.481 e. The summed E-state index contributed by atoms with van der Waals surface area (Å²) in [5, 5.41) is 8.78. The molecule has 2 fully saturated rings. The van der Waals surface area contributed by atoms with Crippen LogP contribution in [0.3, 0.4) is 0 Å². The van der Waals surface area contributed by atoms with Crippen LogP contribution < -0.4 is 0 Å². The third-order valence-electron chi connectivity index (χ3n) is 4.78. The number of carboxylic acids is 1. The Kier molecular flexibility index (Phi) is 4.51. The molecule has 1 saturated heterocycles. The Bertz CT molecular complexity index is 329. The van der Waals surface area contributed by atoms with Crippen molar-refractivity contribution in [2.75, 3.05) is 19.7 Å². The van der Waals surface area contributed by atoms with E-state index in [4.69, 9.17) is 9.84 Å². The summed E-state index contributed by atoms with van der Waals surface area (Å²) in [5.74, 6) is -0.0298. The third-order valence-corrected chi connectivity index (χ3v) is 4.78. The van der Waals surface area contributed by atoms with E-state index in [1.165, 1.54) is 0 Å². The molecule has 1 aliphatic carbocycles. The predicted molar refractivity (Wildman–Crippen MR) is 74.1 cm³/mol. The van der Waals surface area contributed by atoms with Gasteiger partial charge in [-0.05, 0) is 32.4 Å². The Labute approximate surface area is 116 Å². The fourth-order valence-electron chi connectivity index (χ4n) is 4.15.